The van der Waals surface area contributed by atoms with E-state index in [1.807, 2.05) is 31.4 Å². The Morgan fingerprint density at radius 2 is 2.21 bits per heavy atom. The first-order valence-corrected chi connectivity index (χ1v) is 6.14. The lowest BCUT2D eigenvalue weighted by Crippen LogP contribution is -2.00. The highest BCUT2D eigenvalue weighted by Gasteiger charge is 2.06. The molecule has 19 heavy (non-hydrogen) atoms. The summed E-state index contributed by atoms with van der Waals surface area (Å²) in [6, 6.07) is 9.40. The van der Waals surface area contributed by atoms with Crippen molar-refractivity contribution < 1.29 is 4.74 Å². The maximum Gasteiger partial charge on any atom is 0.142 e. The van der Waals surface area contributed by atoms with Gasteiger partial charge in [0, 0.05) is 24.8 Å². The molecule has 0 bridgehead atoms. The molecule has 0 saturated carbocycles. The van der Waals surface area contributed by atoms with Crippen LogP contribution in [-0.2, 0) is 13.6 Å². The zero-order chi connectivity index (χ0) is 13.8. The summed E-state index contributed by atoms with van der Waals surface area (Å²) < 4.78 is 7.06. The van der Waals surface area contributed by atoms with Gasteiger partial charge in [-0.25, -0.2) is 0 Å². The number of nitriles is 1. The molecule has 1 aromatic heterocycles. The average molecular weight is 276 g/mol. The molecule has 0 amide bonds. The molecule has 1 N–H and O–H groups in total. The summed E-state index contributed by atoms with van der Waals surface area (Å²) in [4.78, 5) is 0. The molecule has 0 saturated heterocycles. The van der Waals surface area contributed by atoms with E-state index < -0.39 is 0 Å². The third-order valence-electron chi connectivity index (χ3n) is 2.82. The van der Waals surface area contributed by atoms with Crippen LogP contribution in [0.25, 0.3) is 0 Å². The Morgan fingerprint density at radius 3 is 2.84 bits per heavy atom. The molecular weight excluding hydrogens is 262 g/mol. The van der Waals surface area contributed by atoms with Crippen molar-refractivity contribution >= 4 is 17.3 Å². The van der Waals surface area contributed by atoms with Crippen molar-refractivity contribution in [3.8, 4) is 11.8 Å². The zero-order valence-electron chi connectivity index (χ0n) is 10.8. The highest BCUT2D eigenvalue weighted by molar-refractivity contribution is 6.30. The first-order valence-electron chi connectivity index (χ1n) is 5.77. The molecule has 0 atom stereocenters. The van der Waals surface area contributed by atoms with Crippen molar-refractivity contribution in [3.05, 3.63) is 46.7 Å². The monoisotopic (exact) mass is 275 g/mol. The molecule has 0 unspecified atom stereocenters. The minimum atomic E-state index is 0.603. The standard InChI is InChI=1S/C14H14ClN3O/c1-18-9-10(5-12(18)7-16)8-17-13-6-11(15)3-4-14(13)19-2/h3-6,9,17H,8H2,1-2H3. The number of anilines is 1. The Hall–Kier alpha value is -2.12. The van der Waals surface area contributed by atoms with E-state index in [0.717, 1.165) is 17.0 Å². The van der Waals surface area contributed by atoms with Crippen LogP contribution in [0.3, 0.4) is 0 Å². The number of nitrogens with zero attached hydrogens (tertiary/aromatic N) is 2. The first kappa shape index (κ1) is 13.3. The van der Waals surface area contributed by atoms with Crippen molar-refractivity contribution in [2.75, 3.05) is 12.4 Å². The summed E-state index contributed by atoms with van der Waals surface area (Å²) >= 11 is 5.96. The largest absolute Gasteiger partial charge is 0.495 e. The molecule has 0 radical (unpaired) electrons. The molecule has 1 aromatic carbocycles. The molecule has 98 valence electrons. The zero-order valence-corrected chi connectivity index (χ0v) is 11.5. The number of hydrogen-bond donors (Lipinski definition) is 1. The van der Waals surface area contributed by atoms with Crippen LogP contribution in [0.15, 0.2) is 30.5 Å². The van der Waals surface area contributed by atoms with Crippen LogP contribution in [0.2, 0.25) is 5.02 Å². The number of hydrogen-bond acceptors (Lipinski definition) is 3. The fourth-order valence-corrected chi connectivity index (χ4v) is 2.03. The number of benzene rings is 1. The van der Waals surface area contributed by atoms with Gasteiger partial charge in [-0.3, -0.25) is 0 Å². The molecule has 4 nitrogen and oxygen atoms in total. The minimum Gasteiger partial charge on any atom is -0.495 e. The molecule has 2 aromatic rings. The summed E-state index contributed by atoms with van der Waals surface area (Å²) in [5.41, 5.74) is 2.49. The summed E-state index contributed by atoms with van der Waals surface area (Å²) in [6.45, 7) is 0.603. The summed E-state index contributed by atoms with van der Waals surface area (Å²) in [6.07, 6.45) is 1.92. The van der Waals surface area contributed by atoms with E-state index in [9.17, 15) is 0 Å². The van der Waals surface area contributed by atoms with E-state index in [1.165, 1.54) is 0 Å². The van der Waals surface area contributed by atoms with E-state index in [1.54, 1.807) is 17.7 Å². The number of aromatic nitrogens is 1. The lowest BCUT2D eigenvalue weighted by Gasteiger charge is -2.10. The molecule has 0 fully saturated rings. The first-order chi connectivity index (χ1) is 9.13. The van der Waals surface area contributed by atoms with Gasteiger partial charge in [0.15, 0.2) is 0 Å². The normalized spacial score (nSPS) is 10.0. The molecular formula is C14H14ClN3O. The Kier molecular flexibility index (Phi) is 3.98. The second-order valence-electron chi connectivity index (χ2n) is 4.15. The highest BCUT2D eigenvalue weighted by atomic mass is 35.5. The predicted octanol–water partition coefficient (Wildman–Crippen LogP) is 3.17. The van der Waals surface area contributed by atoms with Crippen LogP contribution in [0, 0.1) is 11.3 Å². The van der Waals surface area contributed by atoms with E-state index in [-0.39, 0.29) is 0 Å². The number of aryl methyl sites for hydroxylation is 1. The van der Waals surface area contributed by atoms with Gasteiger partial charge in [-0.2, -0.15) is 5.26 Å². The van der Waals surface area contributed by atoms with Crippen LogP contribution in [0.4, 0.5) is 5.69 Å². The average Bonchev–Trinajstić information content (AvgIpc) is 2.77. The number of methoxy groups -OCH3 is 1. The second-order valence-corrected chi connectivity index (χ2v) is 4.59. The predicted molar refractivity (Wildman–Crippen MR) is 75.5 cm³/mol. The van der Waals surface area contributed by atoms with Gasteiger partial charge in [-0.1, -0.05) is 11.6 Å². The van der Waals surface area contributed by atoms with Crippen molar-refractivity contribution in [1.29, 1.82) is 5.26 Å². The van der Waals surface area contributed by atoms with Crippen LogP contribution in [0.1, 0.15) is 11.3 Å². The van der Waals surface area contributed by atoms with E-state index in [0.29, 0.717) is 17.3 Å². The lowest BCUT2D eigenvalue weighted by molar-refractivity contribution is 0.416. The number of rotatable bonds is 4. The lowest BCUT2D eigenvalue weighted by atomic mass is 10.2. The number of nitrogens with one attached hydrogen (secondary N) is 1. The fraction of sp³-hybridized carbons (Fsp3) is 0.214. The minimum absolute atomic E-state index is 0.603. The topological polar surface area (TPSA) is 50.0 Å². The summed E-state index contributed by atoms with van der Waals surface area (Å²) in [5.74, 6) is 0.737. The SMILES string of the molecule is COc1ccc(Cl)cc1NCc1cc(C#N)n(C)c1. The van der Waals surface area contributed by atoms with Gasteiger partial charge in [0.25, 0.3) is 0 Å². The molecule has 0 aliphatic rings. The Balaban J connectivity index is 2.14. The van der Waals surface area contributed by atoms with Gasteiger partial charge < -0.3 is 14.6 Å². The Labute approximate surface area is 117 Å². The van der Waals surface area contributed by atoms with Gasteiger partial charge in [0.2, 0.25) is 0 Å². The van der Waals surface area contributed by atoms with E-state index in [4.69, 9.17) is 21.6 Å². The van der Waals surface area contributed by atoms with Crippen LogP contribution < -0.4 is 10.1 Å². The maximum absolute atomic E-state index is 8.91. The molecule has 1 heterocycles. The van der Waals surface area contributed by atoms with Gasteiger partial charge in [-0.05, 0) is 29.8 Å². The third kappa shape index (κ3) is 3.01. The van der Waals surface area contributed by atoms with Crippen molar-refractivity contribution in [3.63, 3.8) is 0 Å². The maximum atomic E-state index is 8.91. The molecule has 0 spiro atoms. The van der Waals surface area contributed by atoms with Crippen molar-refractivity contribution in [2.24, 2.45) is 7.05 Å². The van der Waals surface area contributed by atoms with Crippen molar-refractivity contribution in [1.82, 2.24) is 4.57 Å². The van der Waals surface area contributed by atoms with Gasteiger partial charge >= 0.3 is 0 Å². The number of halogens is 1. The smallest absolute Gasteiger partial charge is 0.142 e. The quantitative estimate of drug-likeness (QED) is 0.932. The van der Waals surface area contributed by atoms with Gasteiger partial charge in [0.1, 0.15) is 17.5 Å². The van der Waals surface area contributed by atoms with Gasteiger partial charge in [0.05, 0.1) is 12.8 Å². The molecule has 2 rings (SSSR count). The third-order valence-corrected chi connectivity index (χ3v) is 3.06. The van der Waals surface area contributed by atoms with Crippen molar-refractivity contribution in [2.45, 2.75) is 6.54 Å². The second kappa shape index (κ2) is 5.68. The van der Waals surface area contributed by atoms with Crippen LogP contribution in [0.5, 0.6) is 5.75 Å². The fourth-order valence-electron chi connectivity index (χ4n) is 1.86. The van der Waals surface area contributed by atoms with Crippen LogP contribution >= 0.6 is 11.6 Å². The van der Waals surface area contributed by atoms with E-state index >= 15 is 0 Å². The van der Waals surface area contributed by atoms with Gasteiger partial charge in [-0.15, -0.1) is 0 Å². The Bertz CT molecular complexity index is 628. The molecule has 0 aliphatic carbocycles. The number of ether oxygens (including phenoxy) is 1. The van der Waals surface area contributed by atoms with E-state index in [2.05, 4.69) is 11.4 Å². The molecule has 5 heteroatoms. The molecule has 0 aliphatic heterocycles. The Morgan fingerprint density at radius 1 is 1.42 bits per heavy atom. The highest BCUT2D eigenvalue weighted by Crippen LogP contribution is 2.28. The summed E-state index contributed by atoms with van der Waals surface area (Å²) in [5, 5.41) is 12.8. The van der Waals surface area contributed by atoms with Crippen LogP contribution in [-0.4, -0.2) is 11.7 Å². The summed E-state index contributed by atoms with van der Waals surface area (Å²) in [7, 11) is 3.47.